The molecule has 0 atom stereocenters. The largest absolute Gasteiger partial charge is 0.404 e. The van der Waals surface area contributed by atoms with Crippen LogP contribution in [0.25, 0.3) is 0 Å². The van der Waals surface area contributed by atoms with Crippen molar-refractivity contribution in [3.63, 3.8) is 0 Å². The van der Waals surface area contributed by atoms with Crippen molar-refractivity contribution in [2.45, 2.75) is 13.3 Å². The van der Waals surface area contributed by atoms with Gasteiger partial charge in [-0.2, -0.15) is 0 Å². The van der Waals surface area contributed by atoms with Gasteiger partial charge >= 0.3 is 0 Å². The van der Waals surface area contributed by atoms with Crippen LogP contribution in [0.1, 0.15) is 13.3 Å². The van der Waals surface area contributed by atoms with Crippen LogP contribution in [0.5, 0.6) is 0 Å². The lowest BCUT2D eigenvalue weighted by Gasteiger charge is -1.93. The number of hydrogen-bond donors (Lipinski definition) is 2. The van der Waals surface area contributed by atoms with Crippen molar-refractivity contribution in [1.82, 2.24) is 0 Å². The predicted octanol–water partition coefficient (Wildman–Crippen LogP) is 0.788. The summed E-state index contributed by atoms with van der Waals surface area (Å²) in [5.74, 6) is 0. The minimum atomic E-state index is 0.160. The molecule has 0 rings (SSSR count). The molecule has 0 saturated carbocycles. The summed E-state index contributed by atoms with van der Waals surface area (Å²) in [6, 6.07) is 0. The second kappa shape index (κ2) is 5.38. The van der Waals surface area contributed by atoms with Crippen LogP contribution in [-0.2, 0) is 0 Å². The maximum atomic E-state index is 8.46. The van der Waals surface area contributed by atoms with Crippen molar-refractivity contribution in [3.05, 3.63) is 23.9 Å². The van der Waals surface area contributed by atoms with Gasteiger partial charge in [0, 0.05) is 6.61 Å². The summed E-state index contributed by atoms with van der Waals surface area (Å²) in [5.41, 5.74) is 6.19. The van der Waals surface area contributed by atoms with Crippen LogP contribution in [-0.4, -0.2) is 11.7 Å². The highest BCUT2D eigenvalue weighted by Crippen LogP contribution is 1.98. The van der Waals surface area contributed by atoms with Gasteiger partial charge in [-0.3, -0.25) is 0 Å². The average molecular weight is 127 g/mol. The molecular formula is C7H13NO. The van der Waals surface area contributed by atoms with Crippen molar-refractivity contribution in [2.75, 3.05) is 6.61 Å². The number of aliphatic hydroxyl groups is 1. The summed E-state index contributed by atoms with van der Waals surface area (Å²) in [7, 11) is 0. The Morgan fingerprint density at radius 1 is 1.67 bits per heavy atom. The van der Waals surface area contributed by atoms with Gasteiger partial charge in [0.2, 0.25) is 0 Å². The van der Waals surface area contributed by atoms with Crippen LogP contribution in [0.4, 0.5) is 0 Å². The zero-order valence-electron chi connectivity index (χ0n) is 5.67. The summed E-state index contributed by atoms with van der Waals surface area (Å²) in [6.07, 6.45) is 5.93. The zero-order valence-corrected chi connectivity index (χ0v) is 5.67. The first-order valence-electron chi connectivity index (χ1n) is 2.99. The molecule has 0 fully saturated rings. The molecule has 52 valence electrons. The molecule has 0 aliphatic carbocycles. The molecule has 0 heterocycles. The molecule has 0 aromatic rings. The molecule has 0 amide bonds. The summed E-state index contributed by atoms with van der Waals surface area (Å²) in [5, 5.41) is 8.46. The normalized spacial score (nSPS) is 12.9. The predicted molar refractivity (Wildman–Crippen MR) is 38.8 cm³/mol. The van der Waals surface area contributed by atoms with E-state index >= 15 is 0 Å². The van der Waals surface area contributed by atoms with E-state index in [1.807, 2.05) is 19.1 Å². The van der Waals surface area contributed by atoms with Crippen LogP contribution in [0.3, 0.4) is 0 Å². The Balaban J connectivity index is 3.70. The Bertz CT molecular complexity index is 116. The van der Waals surface area contributed by atoms with E-state index in [-0.39, 0.29) is 6.61 Å². The minimum Gasteiger partial charge on any atom is -0.404 e. The van der Waals surface area contributed by atoms with E-state index in [1.54, 1.807) is 0 Å². The second-order valence-electron chi connectivity index (χ2n) is 1.72. The number of nitrogens with two attached hydrogens (primary N) is 1. The monoisotopic (exact) mass is 127 g/mol. The molecule has 0 unspecified atom stereocenters. The van der Waals surface area contributed by atoms with Crippen LogP contribution in [0.15, 0.2) is 23.9 Å². The molecule has 0 aliphatic heterocycles. The maximum Gasteiger partial charge on any atom is 0.0471 e. The van der Waals surface area contributed by atoms with Gasteiger partial charge < -0.3 is 10.8 Å². The van der Waals surface area contributed by atoms with E-state index in [4.69, 9.17) is 10.8 Å². The molecule has 9 heavy (non-hydrogen) atoms. The fourth-order valence-corrected chi connectivity index (χ4v) is 0.565. The fourth-order valence-electron chi connectivity index (χ4n) is 0.565. The lowest BCUT2D eigenvalue weighted by Crippen LogP contribution is -1.89. The first kappa shape index (κ1) is 8.24. The zero-order chi connectivity index (χ0) is 7.11. The van der Waals surface area contributed by atoms with Gasteiger partial charge in [0.1, 0.15) is 0 Å². The smallest absolute Gasteiger partial charge is 0.0471 e. The Hall–Kier alpha value is -0.760. The van der Waals surface area contributed by atoms with E-state index < -0.39 is 0 Å². The van der Waals surface area contributed by atoms with Gasteiger partial charge in [-0.1, -0.05) is 12.2 Å². The number of hydrogen-bond acceptors (Lipinski definition) is 2. The van der Waals surface area contributed by atoms with Gasteiger partial charge in [0.15, 0.2) is 0 Å². The maximum absolute atomic E-state index is 8.46. The fraction of sp³-hybridized carbons (Fsp3) is 0.429. The van der Waals surface area contributed by atoms with Crippen molar-refractivity contribution in [3.8, 4) is 0 Å². The third-order valence-electron chi connectivity index (χ3n) is 0.995. The lowest BCUT2D eigenvalue weighted by atomic mass is 10.2. The molecule has 2 nitrogen and oxygen atoms in total. The SMILES string of the molecule is C/C=C\C(=C/N)CCO. The Morgan fingerprint density at radius 2 is 2.33 bits per heavy atom. The Labute approximate surface area is 55.7 Å². The molecule has 0 aliphatic rings. The molecule has 2 heteroatoms. The highest BCUT2D eigenvalue weighted by atomic mass is 16.2. The van der Waals surface area contributed by atoms with E-state index in [2.05, 4.69) is 0 Å². The molecule has 3 N–H and O–H groups in total. The molecule has 0 aromatic carbocycles. The topological polar surface area (TPSA) is 46.2 Å². The first-order valence-corrected chi connectivity index (χ1v) is 2.99. The molecule has 0 bridgehead atoms. The van der Waals surface area contributed by atoms with Crippen molar-refractivity contribution in [1.29, 1.82) is 0 Å². The highest BCUT2D eigenvalue weighted by Gasteiger charge is 1.86. The van der Waals surface area contributed by atoms with Crippen molar-refractivity contribution < 1.29 is 5.11 Å². The number of rotatable bonds is 3. The van der Waals surface area contributed by atoms with Crippen LogP contribution < -0.4 is 5.73 Å². The molecule has 0 aromatic heterocycles. The molecular weight excluding hydrogens is 114 g/mol. The number of aliphatic hydroxyl groups excluding tert-OH is 1. The quantitative estimate of drug-likeness (QED) is 0.550. The van der Waals surface area contributed by atoms with Gasteiger partial charge in [0.25, 0.3) is 0 Å². The van der Waals surface area contributed by atoms with Crippen LogP contribution >= 0.6 is 0 Å². The summed E-state index contributed by atoms with van der Waals surface area (Å²) < 4.78 is 0. The Morgan fingerprint density at radius 3 is 2.67 bits per heavy atom. The van der Waals surface area contributed by atoms with Crippen LogP contribution in [0, 0.1) is 0 Å². The van der Waals surface area contributed by atoms with Gasteiger partial charge in [0.05, 0.1) is 0 Å². The van der Waals surface area contributed by atoms with Crippen LogP contribution in [0.2, 0.25) is 0 Å². The van der Waals surface area contributed by atoms with E-state index in [0.717, 1.165) is 5.57 Å². The van der Waals surface area contributed by atoms with Gasteiger partial charge in [-0.15, -0.1) is 0 Å². The van der Waals surface area contributed by atoms with Crippen molar-refractivity contribution >= 4 is 0 Å². The average Bonchev–Trinajstić information content (AvgIpc) is 1.88. The third kappa shape index (κ3) is 3.79. The van der Waals surface area contributed by atoms with Crippen molar-refractivity contribution in [2.24, 2.45) is 5.73 Å². The first-order chi connectivity index (χ1) is 4.35. The van der Waals surface area contributed by atoms with Gasteiger partial charge in [-0.25, -0.2) is 0 Å². The molecule has 0 spiro atoms. The van der Waals surface area contributed by atoms with E-state index in [1.165, 1.54) is 6.20 Å². The third-order valence-corrected chi connectivity index (χ3v) is 0.995. The summed E-state index contributed by atoms with van der Waals surface area (Å²) in [6.45, 7) is 2.08. The second-order valence-corrected chi connectivity index (χ2v) is 1.72. The highest BCUT2D eigenvalue weighted by molar-refractivity contribution is 5.16. The molecule has 0 radical (unpaired) electrons. The lowest BCUT2D eigenvalue weighted by molar-refractivity contribution is 0.300. The van der Waals surface area contributed by atoms with E-state index in [0.29, 0.717) is 6.42 Å². The summed E-state index contributed by atoms with van der Waals surface area (Å²) in [4.78, 5) is 0. The van der Waals surface area contributed by atoms with Gasteiger partial charge in [-0.05, 0) is 25.1 Å². The summed E-state index contributed by atoms with van der Waals surface area (Å²) >= 11 is 0. The van der Waals surface area contributed by atoms with E-state index in [9.17, 15) is 0 Å². The Kier molecular flexibility index (Phi) is 4.92. The standard InChI is InChI=1S/C7H13NO/c1-2-3-7(6-8)4-5-9/h2-3,6,9H,4-5,8H2,1H3/b3-2-,7-6+. The minimum absolute atomic E-state index is 0.160. The molecule has 0 saturated heterocycles. The number of allylic oxidation sites excluding steroid dienone is 2.